The number of carbonyl (C=O) groups excluding carboxylic acids is 3. The molecule has 0 aromatic heterocycles. The Labute approximate surface area is 211 Å². The molecule has 10 nitrogen and oxygen atoms in total. The highest BCUT2D eigenvalue weighted by molar-refractivity contribution is 7.89. The standard InChI is InChI=1S/C25H22FN3O7S/c1-28(37(34,35)19-11-9-17(10-12-19)36-18-6-4-5-16(26)15-18)22(23(30)27-33)13-14-29-24(31)20-7-2-3-8-21(20)25(29)32/h2-12,15,22,33H,13-14H2,1H3,(H,27,30). The molecular formula is C25H22FN3O7S. The van der Waals surface area contributed by atoms with E-state index in [4.69, 9.17) is 4.74 Å². The summed E-state index contributed by atoms with van der Waals surface area (Å²) >= 11 is 0. The van der Waals surface area contributed by atoms with Gasteiger partial charge in [0.25, 0.3) is 17.7 Å². The second kappa shape index (κ2) is 10.5. The molecule has 0 radical (unpaired) electrons. The van der Waals surface area contributed by atoms with Crippen LogP contribution in [0.4, 0.5) is 4.39 Å². The first-order valence-electron chi connectivity index (χ1n) is 11.0. The predicted molar refractivity (Wildman–Crippen MR) is 128 cm³/mol. The van der Waals surface area contributed by atoms with E-state index in [0.717, 1.165) is 16.3 Å². The van der Waals surface area contributed by atoms with Gasteiger partial charge in [-0.15, -0.1) is 0 Å². The summed E-state index contributed by atoms with van der Waals surface area (Å²) in [5.41, 5.74) is 1.88. The van der Waals surface area contributed by atoms with Crippen LogP contribution in [0, 0.1) is 5.82 Å². The molecule has 192 valence electrons. The molecule has 12 heteroatoms. The van der Waals surface area contributed by atoms with Crippen LogP contribution in [0.15, 0.2) is 77.7 Å². The number of hydrogen-bond acceptors (Lipinski definition) is 7. The molecule has 1 atom stereocenters. The first-order chi connectivity index (χ1) is 17.6. The number of halogens is 1. The number of hydrogen-bond donors (Lipinski definition) is 2. The van der Waals surface area contributed by atoms with Gasteiger partial charge in [0.2, 0.25) is 10.0 Å². The number of amides is 3. The predicted octanol–water partition coefficient (Wildman–Crippen LogP) is 2.80. The number of fused-ring (bicyclic) bond motifs is 1. The maximum absolute atomic E-state index is 13.4. The fourth-order valence-corrected chi connectivity index (χ4v) is 5.27. The molecule has 4 rings (SSSR count). The first-order valence-corrected chi connectivity index (χ1v) is 12.5. The van der Waals surface area contributed by atoms with Crippen LogP contribution >= 0.6 is 0 Å². The Morgan fingerprint density at radius 1 is 1.00 bits per heavy atom. The molecule has 0 bridgehead atoms. The molecule has 1 heterocycles. The van der Waals surface area contributed by atoms with Crippen molar-refractivity contribution < 1.29 is 37.1 Å². The molecule has 0 fully saturated rings. The molecule has 0 saturated heterocycles. The molecular weight excluding hydrogens is 505 g/mol. The summed E-state index contributed by atoms with van der Waals surface area (Å²) in [4.78, 5) is 38.4. The van der Waals surface area contributed by atoms with Gasteiger partial charge in [-0.3, -0.25) is 24.5 Å². The van der Waals surface area contributed by atoms with Gasteiger partial charge >= 0.3 is 0 Å². The number of ether oxygens (including phenoxy) is 1. The number of benzene rings is 3. The topological polar surface area (TPSA) is 133 Å². The molecule has 0 spiro atoms. The molecule has 1 unspecified atom stereocenters. The van der Waals surface area contributed by atoms with Crippen LogP contribution < -0.4 is 10.2 Å². The summed E-state index contributed by atoms with van der Waals surface area (Å²) in [6.07, 6.45) is -0.269. The van der Waals surface area contributed by atoms with Gasteiger partial charge in [-0.2, -0.15) is 4.31 Å². The Bertz CT molecular complexity index is 1430. The Balaban J connectivity index is 1.50. The Hall–Kier alpha value is -4.13. The molecule has 0 aliphatic carbocycles. The third-order valence-electron chi connectivity index (χ3n) is 5.89. The van der Waals surface area contributed by atoms with Crippen molar-refractivity contribution in [2.45, 2.75) is 17.4 Å². The summed E-state index contributed by atoms with van der Waals surface area (Å²) < 4.78 is 46.1. The lowest BCUT2D eigenvalue weighted by Crippen LogP contribution is -2.48. The monoisotopic (exact) mass is 527 g/mol. The van der Waals surface area contributed by atoms with Crippen molar-refractivity contribution in [2.24, 2.45) is 0 Å². The summed E-state index contributed by atoms with van der Waals surface area (Å²) in [7, 11) is -3.11. The van der Waals surface area contributed by atoms with Crippen LogP contribution in [0.1, 0.15) is 27.1 Å². The molecule has 3 aromatic rings. The first kappa shape index (κ1) is 25.9. The third-order valence-corrected chi connectivity index (χ3v) is 7.77. The zero-order valence-corrected chi connectivity index (χ0v) is 20.3. The van der Waals surface area contributed by atoms with Crippen molar-refractivity contribution in [3.63, 3.8) is 0 Å². The molecule has 37 heavy (non-hydrogen) atoms. The van der Waals surface area contributed by atoms with Crippen LogP contribution in [-0.4, -0.2) is 60.2 Å². The van der Waals surface area contributed by atoms with Gasteiger partial charge in [-0.25, -0.2) is 18.3 Å². The SMILES string of the molecule is CN(C(CCN1C(=O)c2ccccc2C1=O)C(=O)NO)S(=O)(=O)c1ccc(Oc2cccc(F)c2)cc1. The molecule has 3 aromatic carbocycles. The number of nitrogens with one attached hydrogen (secondary N) is 1. The minimum absolute atomic E-state index is 0.182. The number of nitrogens with zero attached hydrogens (tertiary/aromatic N) is 2. The highest BCUT2D eigenvalue weighted by Gasteiger charge is 2.38. The fourth-order valence-electron chi connectivity index (χ4n) is 3.93. The summed E-state index contributed by atoms with van der Waals surface area (Å²) in [6.45, 7) is -0.259. The molecule has 0 saturated carbocycles. The highest BCUT2D eigenvalue weighted by Crippen LogP contribution is 2.27. The summed E-state index contributed by atoms with van der Waals surface area (Å²) in [5, 5.41) is 9.21. The largest absolute Gasteiger partial charge is 0.457 e. The average Bonchev–Trinajstić information content (AvgIpc) is 3.13. The smallest absolute Gasteiger partial charge is 0.261 e. The molecule has 3 amide bonds. The number of rotatable bonds is 9. The van der Waals surface area contributed by atoms with Crippen LogP contribution in [-0.2, 0) is 14.8 Å². The van der Waals surface area contributed by atoms with Gasteiger partial charge in [0.1, 0.15) is 23.4 Å². The third kappa shape index (κ3) is 5.21. The normalized spacial score (nSPS) is 14.0. The van der Waals surface area contributed by atoms with E-state index in [1.807, 2.05) is 0 Å². The quantitative estimate of drug-likeness (QED) is 0.248. The van der Waals surface area contributed by atoms with Crippen LogP contribution in [0.25, 0.3) is 0 Å². The number of carbonyl (C=O) groups is 3. The van der Waals surface area contributed by atoms with E-state index in [1.165, 1.54) is 66.1 Å². The van der Waals surface area contributed by atoms with Crippen LogP contribution in [0.2, 0.25) is 0 Å². The molecule has 2 N–H and O–H groups in total. The van der Waals surface area contributed by atoms with Gasteiger partial charge in [0.05, 0.1) is 16.0 Å². The summed E-state index contributed by atoms with van der Waals surface area (Å²) in [5.74, 6) is -2.16. The zero-order chi connectivity index (χ0) is 26.7. The Kier molecular flexibility index (Phi) is 7.34. The van der Waals surface area contributed by atoms with Crippen LogP contribution in [0.3, 0.4) is 0 Å². The van der Waals surface area contributed by atoms with Crippen molar-refractivity contribution >= 4 is 27.7 Å². The minimum atomic E-state index is -4.26. The Morgan fingerprint density at radius 3 is 2.19 bits per heavy atom. The molecule has 1 aliphatic rings. The number of likely N-dealkylation sites (N-methyl/N-ethyl adjacent to an activating group) is 1. The Morgan fingerprint density at radius 2 is 1.62 bits per heavy atom. The van der Waals surface area contributed by atoms with Crippen molar-refractivity contribution in [3.8, 4) is 11.5 Å². The van der Waals surface area contributed by atoms with Gasteiger partial charge in [0, 0.05) is 19.7 Å². The van der Waals surface area contributed by atoms with Gasteiger partial charge in [-0.05, 0) is 55.0 Å². The van der Waals surface area contributed by atoms with E-state index in [1.54, 1.807) is 12.1 Å². The maximum atomic E-state index is 13.4. The zero-order valence-electron chi connectivity index (χ0n) is 19.5. The van der Waals surface area contributed by atoms with Gasteiger partial charge in [0.15, 0.2) is 0 Å². The van der Waals surface area contributed by atoms with Gasteiger partial charge in [-0.1, -0.05) is 18.2 Å². The van der Waals surface area contributed by atoms with E-state index in [9.17, 15) is 32.4 Å². The van der Waals surface area contributed by atoms with Crippen molar-refractivity contribution in [3.05, 3.63) is 89.7 Å². The number of sulfonamides is 1. The lowest BCUT2D eigenvalue weighted by molar-refractivity contribution is -0.133. The van der Waals surface area contributed by atoms with Crippen molar-refractivity contribution in [2.75, 3.05) is 13.6 Å². The second-order valence-electron chi connectivity index (χ2n) is 8.14. The molecule has 1 aliphatic heterocycles. The highest BCUT2D eigenvalue weighted by atomic mass is 32.2. The van der Waals surface area contributed by atoms with E-state index in [2.05, 4.69) is 0 Å². The van der Waals surface area contributed by atoms with Crippen molar-refractivity contribution in [1.82, 2.24) is 14.7 Å². The fraction of sp³-hybridized carbons (Fsp3) is 0.160. The lowest BCUT2D eigenvalue weighted by Gasteiger charge is -2.27. The number of imide groups is 1. The van der Waals surface area contributed by atoms with E-state index >= 15 is 0 Å². The average molecular weight is 528 g/mol. The number of hydroxylamine groups is 1. The van der Waals surface area contributed by atoms with Crippen LogP contribution in [0.5, 0.6) is 11.5 Å². The van der Waals surface area contributed by atoms with Crippen molar-refractivity contribution in [1.29, 1.82) is 0 Å². The van der Waals surface area contributed by atoms with E-state index < -0.39 is 39.6 Å². The van der Waals surface area contributed by atoms with E-state index in [-0.39, 0.29) is 40.5 Å². The summed E-state index contributed by atoms with van der Waals surface area (Å²) in [6, 6.07) is 15.5. The van der Waals surface area contributed by atoms with E-state index in [0.29, 0.717) is 0 Å². The maximum Gasteiger partial charge on any atom is 0.261 e. The minimum Gasteiger partial charge on any atom is -0.457 e. The second-order valence-corrected chi connectivity index (χ2v) is 10.1. The lowest BCUT2D eigenvalue weighted by atomic mass is 10.1. The van der Waals surface area contributed by atoms with Gasteiger partial charge < -0.3 is 4.74 Å².